The van der Waals surface area contributed by atoms with Gasteiger partial charge in [-0.1, -0.05) is 6.92 Å². The van der Waals surface area contributed by atoms with E-state index in [1.807, 2.05) is 20.8 Å². The molecule has 0 unspecified atom stereocenters. The second-order valence-electron chi connectivity index (χ2n) is 6.26. The summed E-state index contributed by atoms with van der Waals surface area (Å²) >= 11 is 0. The predicted molar refractivity (Wildman–Crippen MR) is 63.6 cm³/mol. The van der Waals surface area contributed by atoms with Gasteiger partial charge in [-0.25, -0.2) is 4.79 Å². The van der Waals surface area contributed by atoms with E-state index in [0.717, 1.165) is 6.42 Å². The summed E-state index contributed by atoms with van der Waals surface area (Å²) < 4.78 is 5.38. The molecule has 4 heteroatoms. The van der Waals surface area contributed by atoms with E-state index in [9.17, 15) is 9.59 Å². The molecule has 2 rings (SSSR count). The summed E-state index contributed by atoms with van der Waals surface area (Å²) in [5.74, 6) is 1.07. The fourth-order valence-electron chi connectivity index (χ4n) is 2.84. The van der Waals surface area contributed by atoms with Crippen molar-refractivity contribution in [3.05, 3.63) is 0 Å². The summed E-state index contributed by atoms with van der Waals surface area (Å²) in [6.45, 7) is 9.22. The Morgan fingerprint density at radius 3 is 2.35 bits per heavy atom. The maximum atomic E-state index is 12.1. The average molecular weight is 239 g/mol. The molecular weight excluding hydrogens is 218 g/mol. The first-order chi connectivity index (χ1) is 7.72. The lowest BCUT2D eigenvalue weighted by Crippen LogP contribution is -2.45. The third-order valence-electron chi connectivity index (χ3n) is 3.74. The SMILES string of the molecule is CC(=O)[C@@H]1C[C@@H]2[C@H](C)[C@@H]2N1C(=O)OC(C)(C)C. The highest BCUT2D eigenvalue weighted by atomic mass is 16.6. The zero-order chi connectivity index (χ0) is 13.0. The molecule has 1 saturated carbocycles. The molecule has 0 N–H and O–H groups in total. The number of ketones is 1. The number of nitrogens with zero attached hydrogens (tertiary/aromatic N) is 1. The third-order valence-corrected chi connectivity index (χ3v) is 3.74. The minimum atomic E-state index is -0.505. The Hall–Kier alpha value is -1.06. The Bertz CT molecular complexity index is 358. The second kappa shape index (κ2) is 3.72. The van der Waals surface area contributed by atoms with E-state index in [0.29, 0.717) is 11.8 Å². The monoisotopic (exact) mass is 239 g/mol. The molecule has 0 aromatic rings. The third kappa shape index (κ3) is 2.17. The van der Waals surface area contributed by atoms with Crippen molar-refractivity contribution in [3.63, 3.8) is 0 Å². The Labute approximate surface area is 102 Å². The number of carbonyl (C=O) groups excluding carboxylic acids is 2. The number of carbonyl (C=O) groups is 2. The van der Waals surface area contributed by atoms with Gasteiger partial charge in [-0.05, 0) is 46.0 Å². The predicted octanol–water partition coefficient (Wildman–Crippen LogP) is 2.22. The lowest BCUT2D eigenvalue weighted by Gasteiger charge is -2.30. The summed E-state index contributed by atoms with van der Waals surface area (Å²) in [5.41, 5.74) is -0.505. The largest absolute Gasteiger partial charge is 0.444 e. The van der Waals surface area contributed by atoms with E-state index in [2.05, 4.69) is 6.92 Å². The van der Waals surface area contributed by atoms with Crippen LogP contribution in [0.5, 0.6) is 0 Å². The van der Waals surface area contributed by atoms with Crippen LogP contribution in [0.4, 0.5) is 4.79 Å². The number of fused-ring (bicyclic) bond motifs is 1. The van der Waals surface area contributed by atoms with Crippen LogP contribution in [0, 0.1) is 11.8 Å². The van der Waals surface area contributed by atoms with E-state index in [1.54, 1.807) is 11.8 Å². The molecule has 0 spiro atoms. The van der Waals surface area contributed by atoms with Crippen molar-refractivity contribution >= 4 is 11.9 Å². The average Bonchev–Trinajstić information content (AvgIpc) is 2.61. The molecule has 4 nitrogen and oxygen atoms in total. The molecule has 1 aliphatic carbocycles. The number of hydrogen-bond donors (Lipinski definition) is 0. The van der Waals surface area contributed by atoms with Crippen LogP contribution in [-0.2, 0) is 9.53 Å². The number of piperidine rings is 1. The van der Waals surface area contributed by atoms with Crippen molar-refractivity contribution in [2.45, 2.75) is 58.7 Å². The summed E-state index contributed by atoms with van der Waals surface area (Å²) in [5, 5.41) is 0. The molecule has 1 aliphatic heterocycles. The molecule has 1 heterocycles. The van der Waals surface area contributed by atoms with Crippen molar-refractivity contribution in [2.75, 3.05) is 0 Å². The van der Waals surface area contributed by atoms with Crippen LogP contribution in [0.25, 0.3) is 0 Å². The molecule has 2 aliphatic rings. The summed E-state index contributed by atoms with van der Waals surface area (Å²) in [7, 11) is 0. The minimum absolute atomic E-state index is 0.0651. The highest BCUT2D eigenvalue weighted by molar-refractivity contribution is 5.87. The Kier molecular flexibility index (Phi) is 2.71. The smallest absolute Gasteiger partial charge is 0.411 e. The van der Waals surface area contributed by atoms with Gasteiger partial charge in [0.25, 0.3) is 0 Å². The van der Waals surface area contributed by atoms with Gasteiger partial charge >= 0.3 is 6.09 Å². The molecule has 0 aromatic heterocycles. The minimum Gasteiger partial charge on any atom is -0.444 e. The summed E-state index contributed by atoms with van der Waals surface area (Å²) in [4.78, 5) is 25.3. The van der Waals surface area contributed by atoms with E-state index in [4.69, 9.17) is 4.74 Å². The van der Waals surface area contributed by atoms with Crippen LogP contribution in [0.3, 0.4) is 0 Å². The number of rotatable bonds is 1. The molecule has 17 heavy (non-hydrogen) atoms. The van der Waals surface area contributed by atoms with Gasteiger partial charge in [-0.2, -0.15) is 0 Å². The molecule has 96 valence electrons. The number of Topliss-reactive ketones (excluding diaryl/α,β-unsaturated/α-hetero) is 1. The fourth-order valence-corrected chi connectivity index (χ4v) is 2.84. The molecular formula is C13H21NO3. The van der Waals surface area contributed by atoms with Crippen LogP contribution in [0.15, 0.2) is 0 Å². The number of amides is 1. The van der Waals surface area contributed by atoms with Crippen molar-refractivity contribution < 1.29 is 14.3 Å². The first kappa shape index (κ1) is 12.4. The first-order valence-electron chi connectivity index (χ1n) is 6.24. The molecule has 2 fully saturated rings. The van der Waals surface area contributed by atoms with Gasteiger partial charge in [0.2, 0.25) is 0 Å². The molecule has 0 aromatic carbocycles. The van der Waals surface area contributed by atoms with Gasteiger partial charge in [-0.15, -0.1) is 0 Å². The highest BCUT2D eigenvalue weighted by Crippen LogP contribution is 2.53. The normalized spacial score (nSPS) is 35.5. The Morgan fingerprint density at radius 1 is 1.29 bits per heavy atom. The summed E-state index contributed by atoms with van der Waals surface area (Å²) in [6.07, 6.45) is 0.468. The van der Waals surface area contributed by atoms with Gasteiger partial charge in [0, 0.05) is 6.04 Å². The zero-order valence-electron chi connectivity index (χ0n) is 11.2. The Morgan fingerprint density at radius 2 is 1.88 bits per heavy atom. The molecule has 1 amide bonds. The lowest BCUT2D eigenvalue weighted by molar-refractivity contribution is -0.121. The van der Waals surface area contributed by atoms with Crippen LogP contribution >= 0.6 is 0 Å². The van der Waals surface area contributed by atoms with Crippen LogP contribution in [-0.4, -0.2) is 34.5 Å². The van der Waals surface area contributed by atoms with Gasteiger partial charge in [-0.3, -0.25) is 9.69 Å². The van der Waals surface area contributed by atoms with Crippen molar-refractivity contribution in [1.82, 2.24) is 4.90 Å². The zero-order valence-corrected chi connectivity index (χ0v) is 11.2. The fraction of sp³-hybridized carbons (Fsp3) is 0.846. The Balaban J connectivity index is 2.11. The number of likely N-dealkylation sites (tertiary alicyclic amines) is 1. The van der Waals surface area contributed by atoms with Crippen molar-refractivity contribution in [2.24, 2.45) is 11.8 Å². The molecule has 4 atom stereocenters. The maximum Gasteiger partial charge on any atom is 0.411 e. The van der Waals surface area contributed by atoms with Crippen LogP contribution in [0.1, 0.15) is 41.0 Å². The second-order valence-corrected chi connectivity index (χ2v) is 6.26. The quantitative estimate of drug-likeness (QED) is 0.705. The van der Waals surface area contributed by atoms with Gasteiger partial charge in [0.05, 0.1) is 6.04 Å². The first-order valence-corrected chi connectivity index (χ1v) is 6.24. The van der Waals surface area contributed by atoms with E-state index in [1.165, 1.54) is 0 Å². The number of ether oxygens (including phenoxy) is 1. The molecule has 0 bridgehead atoms. The van der Waals surface area contributed by atoms with Crippen LogP contribution in [0.2, 0.25) is 0 Å². The summed E-state index contributed by atoms with van der Waals surface area (Å²) in [6, 6.07) is -0.0465. The molecule has 0 radical (unpaired) electrons. The van der Waals surface area contributed by atoms with Gasteiger partial charge in [0.1, 0.15) is 5.60 Å². The van der Waals surface area contributed by atoms with Crippen molar-refractivity contribution in [3.8, 4) is 0 Å². The van der Waals surface area contributed by atoms with Crippen LogP contribution < -0.4 is 0 Å². The standard InChI is InChI=1S/C13H21NO3/c1-7-9-6-10(8(2)15)14(11(7)9)12(16)17-13(3,4)5/h7,9-11H,6H2,1-5H3/t7-,9+,10-,11-/m0/s1. The lowest BCUT2D eigenvalue weighted by atomic mass is 10.1. The van der Waals surface area contributed by atoms with E-state index < -0.39 is 5.60 Å². The van der Waals surface area contributed by atoms with Gasteiger partial charge in [0.15, 0.2) is 5.78 Å². The topological polar surface area (TPSA) is 46.6 Å². The van der Waals surface area contributed by atoms with Gasteiger partial charge < -0.3 is 4.74 Å². The maximum absolute atomic E-state index is 12.1. The van der Waals surface area contributed by atoms with Crippen molar-refractivity contribution in [1.29, 1.82) is 0 Å². The highest BCUT2D eigenvalue weighted by Gasteiger charge is 2.61. The number of hydrogen-bond acceptors (Lipinski definition) is 3. The molecule has 1 saturated heterocycles. The van der Waals surface area contributed by atoms with E-state index in [-0.39, 0.29) is 24.0 Å². The van der Waals surface area contributed by atoms with E-state index >= 15 is 0 Å².